The molecule has 1 heterocycles. The summed E-state index contributed by atoms with van der Waals surface area (Å²) in [5, 5.41) is 14.5. The molecular formula is C29H26BrN3O7. The van der Waals surface area contributed by atoms with E-state index in [4.69, 9.17) is 9.47 Å². The Balaban J connectivity index is 1.58. The quantitative estimate of drug-likeness (QED) is 0.246. The van der Waals surface area contributed by atoms with Crippen LogP contribution in [0.4, 0.5) is 16.2 Å². The third-order valence-corrected chi connectivity index (χ3v) is 6.67. The fourth-order valence-electron chi connectivity index (χ4n) is 3.95. The van der Waals surface area contributed by atoms with Crippen molar-refractivity contribution in [1.82, 2.24) is 5.32 Å². The van der Waals surface area contributed by atoms with Crippen LogP contribution in [0.3, 0.4) is 0 Å². The van der Waals surface area contributed by atoms with Gasteiger partial charge in [0.2, 0.25) is 0 Å². The molecule has 1 fully saturated rings. The number of phenols is 1. The SMILES string of the molecule is CCOc1cc(/C=C2/C(=O)NC(=O)N(c3ccc(O)cc3)C2=O)cc(Br)c1OCC(=O)Nc1cccc(C)c1C. The van der Waals surface area contributed by atoms with Crippen molar-refractivity contribution < 1.29 is 33.8 Å². The first-order chi connectivity index (χ1) is 19.1. The number of aromatic hydroxyl groups is 1. The second-order valence-electron chi connectivity index (χ2n) is 8.82. The first kappa shape index (κ1) is 28.4. The van der Waals surface area contributed by atoms with Gasteiger partial charge in [0.1, 0.15) is 11.3 Å². The van der Waals surface area contributed by atoms with Crippen molar-refractivity contribution in [3.05, 3.63) is 81.3 Å². The van der Waals surface area contributed by atoms with Crippen LogP contribution in [0.25, 0.3) is 6.08 Å². The van der Waals surface area contributed by atoms with E-state index in [1.165, 1.54) is 30.3 Å². The minimum atomic E-state index is -0.906. The van der Waals surface area contributed by atoms with Crippen LogP contribution < -0.4 is 25.0 Å². The summed E-state index contributed by atoms with van der Waals surface area (Å²) in [6, 6.07) is 13.3. The number of urea groups is 1. The van der Waals surface area contributed by atoms with Crippen molar-refractivity contribution in [3.63, 3.8) is 0 Å². The Morgan fingerprint density at radius 2 is 1.80 bits per heavy atom. The van der Waals surface area contributed by atoms with E-state index in [9.17, 15) is 24.3 Å². The third-order valence-electron chi connectivity index (χ3n) is 6.08. The maximum absolute atomic E-state index is 13.2. The van der Waals surface area contributed by atoms with Crippen molar-refractivity contribution in [3.8, 4) is 17.2 Å². The zero-order chi connectivity index (χ0) is 29.0. The maximum atomic E-state index is 13.2. The van der Waals surface area contributed by atoms with Crippen LogP contribution in [0.1, 0.15) is 23.6 Å². The number of anilines is 2. The molecule has 0 bridgehead atoms. The molecule has 3 aromatic rings. The maximum Gasteiger partial charge on any atom is 0.335 e. The summed E-state index contributed by atoms with van der Waals surface area (Å²) < 4.78 is 11.9. The largest absolute Gasteiger partial charge is 0.508 e. The van der Waals surface area contributed by atoms with E-state index in [-0.39, 0.29) is 47.6 Å². The molecule has 1 aliphatic rings. The molecular weight excluding hydrogens is 582 g/mol. The number of barbiturate groups is 1. The van der Waals surface area contributed by atoms with Crippen LogP contribution in [0.5, 0.6) is 17.2 Å². The number of hydrogen-bond acceptors (Lipinski definition) is 7. The number of imide groups is 2. The number of carbonyl (C=O) groups excluding carboxylic acids is 4. The highest BCUT2D eigenvalue weighted by Crippen LogP contribution is 2.38. The van der Waals surface area contributed by atoms with E-state index in [2.05, 4.69) is 26.6 Å². The van der Waals surface area contributed by atoms with Crippen LogP contribution >= 0.6 is 15.9 Å². The van der Waals surface area contributed by atoms with Gasteiger partial charge in [-0.3, -0.25) is 19.7 Å². The minimum absolute atomic E-state index is 0.0428. The average Bonchev–Trinajstić information content (AvgIpc) is 2.90. The van der Waals surface area contributed by atoms with Crippen molar-refractivity contribution in [2.75, 3.05) is 23.4 Å². The van der Waals surface area contributed by atoms with Gasteiger partial charge in [0.05, 0.1) is 16.8 Å². The number of aryl methyl sites for hydroxylation is 1. The Morgan fingerprint density at radius 3 is 2.50 bits per heavy atom. The predicted molar refractivity (Wildman–Crippen MR) is 152 cm³/mol. The Hall–Kier alpha value is -4.64. The molecule has 3 N–H and O–H groups in total. The highest BCUT2D eigenvalue weighted by molar-refractivity contribution is 9.10. The Kier molecular flexibility index (Phi) is 8.54. The first-order valence-corrected chi connectivity index (χ1v) is 13.0. The normalized spacial score (nSPS) is 14.2. The monoisotopic (exact) mass is 607 g/mol. The van der Waals surface area contributed by atoms with Crippen LogP contribution in [-0.2, 0) is 14.4 Å². The molecule has 4 rings (SSSR count). The van der Waals surface area contributed by atoms with Crippen LogP contribution in [0.2, 0.25) is 0 Å². The van der Waals surface area contributed by atoms with E-state index in [0.717, 1.165) is 16.0 Å². The predicted octanol–water partition coefficient (Wildman–Crippen LogP) is 4.85. The Morgan fingerprint density at radius 1 is 1.07 bits per heavy atom. The van der Waals surface area contributed by atoms with Crippen molar-refractivity contribution in [2.24, 2.45) is 0 Å². The number of halogens is 1. The molecule has 0 aliphatic carbocycles. The molecule has 40 heavy (non-hydrogen) atoms. The third kappa shape index (κ3) is 6.15. The molecule has 5 amide bonds. The van der Waals surface area contributed by atoms with Gasteiger partial charge < -0.3 is 19.9 Å². The van der Waals surface area contributed by atoms with Gasteiger partial charge in [0, 0.05) is 5.69 Å². The topological polar surface area (TPSA) is 134 Å². The smallest absolute Gasteiger partial charge is 0.335 e. The molecule has 206 valence electrons. The fourth-order valence-corrected chi connectivity index (χ4v) is 4.52. The number of hydrogen-bond donors (Lipinski definition) is 3. The molecule has 1 aliphatic heterocycles. The molecule has 11 heteroatoms. The van der Waals surface area contributed by atoms with Gasteiger partial charge in [-0.2, -0.15) is 0 Å². The van der Waals surface area contributed by atoms with E-state index in [0.29, 0.717) is 15.7 Å². The lowest BCUT2D eigenvalue weighted by atomic mass is 10.1. The number of nitrogens with zero attached hydrogens (tertiary/aromatic N) is 1. The minimum Gasteiger partial charge on any atom is -0.508 e. The van der Waals surface area contributed by atoms with Gasteiger partial charge in [0.15, 0.2) is 18.1 Å². The lowest BCUT2D eigenvalue weighted by molar-refractivity contribution is -0.122. The summed E-state index contributed by atoms with van der Waals surface area (Å²) in [6.45, 7) is 5.63. The standard InChI is InChI=1S/C29H26BrN3O7/c1-4-39-24-14-18(12-21-27(36)32-29(38)33(28(21)37)19-8-10-20(34)11-9-19)13-22(30)26(24)40-15-25(35)31-23-7-5-6-16(2)17(23)3/h5-14,34H,4,15H2,1-3H3,(H,31,35)(H,32,36,38)/b21-12-. The highest BCUT2D eigenvalue weighted by Gasteiger charge is 2.37. The number of benzene rings is 3. The molecule has 10 nitrogen and oxygen atoms in total. The summed E-state index contributed by atoms with van der Waals surface area (Å²) in [5.74, 6) is -1.56. The number of ether oxygens (including phenoxy) is 2. The number of carbonyl (C=O) groups is 4. The molecule has 0 unspecified atom stereocenters. The molecule has 0 radical (unpaired) electrons. The van der Waals surface area contributed by atoms with Crippen LogP contribution in [-0.4, -0.2) is 42.1 Å². The molecule has 0 aromatic heterocycles. The molecule has 0 saturated carbocycles. The van der Waals surface area contributed by atoms with Crippen molar-refractivity contribution >= 4 is 57.1 Å². The van der Waals surface area contributed by atoms with Gasteiger partial charge in [-0.1, -0.05) is 12.1 Å². The van der Waals surface area contributed by atoms with E-state index in [1.807, 2.05) is 32.0 Å². The van der Waals surface area contributed by atoms with Gasteiger partial charge in [-0.25, -0.2) is 9.69 Å². The number of rotatable bonds is 8. The zero-order valence-electron chi connectivity index (χ0n) is 21.9. The Labute approximate surface area is 238 Å². The van der Waals surface area contributed by atoms with Crippen LogP contribution in [0.15, 0.2) is 64.6 Å². The van der Waals surface area contributed by atoms with Gasteiger partial charge in [0.25, 0.3) is 17.7 Å². The lowest BCUT2D eigenvalue weighted by Crippen LogP contribution is -2.54. The molecule has 3 aromatic carbocycles. The van der Waals surface area contributed by atoms with Gasteiger partial charge >= 0.3 is 6.03 Å². The summed E-state index contributed by atoms with van der Waals surface area (Å²) >= 11 is 3.43. The zero-order valence-corrected chi connectivity index (χ0v) is 23.5. The molecule has 1 saturated heterocycles. The number of phenolic OH excluding ortho intramolecular Hbond substituents is 1. The summed E-state index contributed by atoms with van der Waals surface area (Å²) in [7, 11) is 0. The van der Waals surface area contributed by atoms with E-state index < -0.39 is 17.8 Å². The second kappa shape index (κ2) is 12.0. The van der Waals surface area contributed by atoms with E-state index in [1.54, 1.807) is 19.1 Å². The highest BCUT2D eigenvalue weighted by atomic mass is 79.9. The summed E-state index contributed by atoms with van der Waals surface area (Å²) in [4.78, 5) is 51.6. The molecule has 0 spiro atoms. The van der Waals surface area contributed by atoms with Gasteiger partial charge in [-0.15, -0.1) is 0 Å². The van der Waals surface area contributed by atoms with Crippen molar-refractivity contribution in [1.29, 1.82) is 0 Å². The molecule has 0 atom stereocenters. The second-order valence-corrected chi connectivity index (χ2v) is 9.68. The van der Waals surface area contributed by atoms with Gasteiger partial charge in [-0.05, 0) is 102 Å². The average molecular weight is 608 g/mol. The first-order valence-electron chi connectivity index (χ1n) is 12.2. The number of amides is 5. The Bertz CT molecular complexity index is 1530. The fraction of sp³-hybridized carbons (Fsp3) is 0.172. The lowest BCUT2D eigenvalue weighted by Gasteiger charge is -2.26. The van der Waals surface area contributed by atoms with Crippen LogP contribution in [0, 0.1) is 13.8 Å². The van der Waals surface area contributed by atoms with Crippen molar-refractivity contribution in [2.45, 2.75) is 20.8 Å². The summed E-state index contributed by atoms with van der Waals surface area (Å²) in [5.41, 5.74) is 2.99. The van der Waals surface area contributed by atoms with E-state index >= 15 is 0 Å². The number of nitrogens with one attached hydrogen (secondary N) is 2. The summed E-state index contributed by atoms with van der Waals surface area (Å²) in [6.07, 6.45) is 1.32.